The normalized spacial score (nSPS) is 14.7. The molecule has 1 aromatic carbocycles. The van der Waals surface area contributed by atoms with E-state index in [9.17, 15) is 4.79 Å². The minimum atomic E-state index is -0.101. The highest BCUT2D eigenvalue weighted by molar-refractivity contribution is 6.32. The van der Waals surface area contributed by atoms with Crippen molar-refractivity contribution in [3.05, 3.63) is 40.4 Å². The van der Waals surface area contributed by atoms with Crippen molar-refractivity contribution in [3.63, 3.8) is 0 Å². The van der Waals surface area contributed by atoms with E-state index in [1.807, 2.05) is 0 Å². The van der Waals surface area contributed by atoms with Crippen LogP contribution >= 0.6 is 11.6 Å². The summed E-state index contributed by atoms with van der Waals surface area (Å²) in [6.45, 7) is 0.627. The summed E-state index contributed by atoms with van der Waals surface area (Å²) >= 11 is 6.01. The van der Waals surface area contributed by atoms with Gasteiger partial charge in [-0.2, -0.15) is 0 Å². The second kappa shape index (κ2) is 6.62. The zero-order valence-electron chi connectivity index (χ0n) is 11.0. The molecule has 1 amide bonds. The number of benzene rings is 1. The van der Waals surface area contributed by atoms with Crippen molar-refractivity contribution in [2.24, 2.45) is 0 Å². The summed E-state index contributed by atoms with van der Waals surface area (Å²) in [7, 11) is 1.55. The number of rotatable bonds is 4. The fourth-order valence-electron chi connectivity index (χ4n) is 2.17. The highest BCUT2D eigenvalue weighted by Crippen LogP contribution is 2.25. The van der Waals surface area contributed by atoms with Gasteiger partial charge in [0.25, 0.3) is 5.91 Å². The van der Waals surface area contributed by atoms with Crippen LogP contribution in [0, 0.1) is 0 Å². The van der Waals surface area contributed by atoms with Crippen LogP contribution in [0.25, 0.3) is 0 Å². The SMILES string of the molecule is COc1ccc(C(=O)NCC2=CCCCC2)cc1Cl. The Morgan fingerprint density at radius 1 is 1.42 bits per heavy atom. The quantitative estimate of drug-likeness (QED) is 0.856. The second-order valence-electron chi connectivity index (χ2n) is 4.64. The maximum absolute atomic E-state index is 12.0. The Morgan fingerprint density at radius 2 is 2.26 bits per heavy atom. The Morgan fingerprint density at radius 3 is 2.89 bits per heavy atom. The first-order chi connectivity index (χ1) is 9.20. The third-order valence-corrected chi connectivity index (χ3v) is 3.57. The standard InChI is InChI=1S/C15H18ClNO2/c1-19-14-8-7-12(9-13(14)16)15(18)17-10-11-5-3-2-4-6-11/h5,7-9H,2-4,6,10H2,1H3,(H,17,18). The Balaban J connectivity index is 1.96. The van der Waals surface area contributed by atoms with Crippen LogP contribution < -0.4 is 10.1 Å². The molecule has 0 fully saturated rings. The Labute approximate surface area is 118 Å². The number of allylic oxidation sites excluding steroid dienone is 1. The van der Waals surface area contributed by atoms with Gasteiger partial charge in [0.15, 0.2) is 0 Å². The van der Waals surface area contributed by atoms with Gasteiger partial charge in [0, 0.05) is 12.1 Å². The summed E-state index contributed by atoms with van der Waals surface area (Å²) < 4.78 is 5.06. The molecule has 0 spiro atoms. The zero-order chi connectivity index (χ0) is 13.7. The fourth-order valence-corrected chi connectivity index (χ4v) is 2.43. The van der Waals surface area contributed by atoms with E-state index in [4.69, 9.17) is 16.3 Å². The topological polar surface area (TPSA) is 38.3 Å². The number of hydrogen-bond acceptors (Lipinski definition) is 2. The zero-order valence-corrected chi connectivity index (χ0v) is 11.8. The van der Waals surface area contributed by atoms with Crippen molar-refractivity contribution in [1.82, 2.24) is 5.32 Å². The van der Waals surface area contributed by atoms with Gasteiger partial charge in [0.05, 0.1) is 12.1 Å². The number of halogens is 1. The number of carbonyl (C=O) groups excluding carboxylic acids is 1. The third-order valence-electron chi connectivity index (χ3n) is 3.28. The third kappa shape index (κ3) is 3.74. The summed E-state index contributed by atoms with van der Waals surface area (Å²) in [4.78, 5) is 12.0. The summed E-state index contributed by atoms with van der Waals surface area (Å²) in [5.74, 6) is 0.476. The molecule has 0 unspecified atom stereocenters. The largest absolute Gasteiger partial charge is 0.495 e. The summed E-state index contributed by atoms with van der Waals surface area (Å²) in [5.41, 5.74) is 1.88. The van der Waals surface area contributed by atoms with Gasteiger partial charge >= 0.3 is 0 Å². The molecule has 0 radical (unpaired) electrons. The molecule has 4 heteroatoms. The molecule has 0 saturated carbocycles. The number of carbonyl (C=O) groups is 1. The maximum Gasteiger partial charge on any atom is 0.251 e. The lowest BCUT2D eigenvalue weighted by molar-refractivity contribution is 0.0956. The molecule has 1 aliphatic carbocycles. The smallest absolute Gasteiger partial charge is 0.251 e. The van der Waals surface area contributed by atoms with Crippen molar-refractivity contribution in [3.8, 4) is 5.75 Å². The molecule has 102 valence electrons. The summed E-state index contributed by atoms with van der Waals surface area (Å²) in [6.07, 6.45) is 6.91. The molecule has 0 saturated heterocycles. The molecule has 1 aromatic rings. The first-order valence-corrected chi connectivity index (χ1v) is 6.88. The molecule has 1 aliphatic rings. The number of amides is 1. The monoisotopic (exact) mass is 279 g/mol. The Kier molecular flexibility index (Phi) is 4.86. The van der Waals surface area contributed by atoms with Crippen LogP contribution in [0.2, 0.25) is 5.02 Å². The van der Waals surface area contributed by atoms with Crippen molar-refractivity contribution in [2.75, 3.05) is 13.7 Å². The lowest BCUT2D eigenvalue weighted by Crippen LogP contribution is -2.26. The highest BCUT2D eigenvalue weighted by atomic mass is 35.5. The number of ether oxygens (including phenoxy) is 1. The molecule has 0 aromatic heterocycles. The predicted molar refractivity (Wildman–Crippen MR) is 76.9 cm³/mol. The second-order valence-corrected chi connectivity index (χ2v) is 5.05. The van der Waals surface area contributed by atoms with Gasteiger partial charge in [-0.3, -0.25) is 4.79 Å². The lowest BCUT2D eigenvalue weighted by atomic mass is 9.99. The van der Waals surface area contributed by atoms with E-state index in [-0.39, 0.29) is 5.91 Å². The van der Waals surface area contributed by atoms with Crippen molar-refractivity contribution >= 4 is 17.5 Å². The molecule has 1 N–H and O–H groups in total. The minimum absolute atomic E-state index is 0.101. The van der Waals surface area contributed by atoms with Gasteiger partial charge in [-0.15, -0.1) is 0 Å². The first kappa shape index (κ1) is 13.9. The number of methoxy groups -OCH3 is 1. The average Bonchev–Trinajstić information content (AvgIpc) is 2.45. The van der Waals surface area contributed by atoms with Crippen molar-refractivity contribution in [1.29, 1.82) is 0 Å². The molecule has 3 nitrogen and oxygen atoms in total. The van der Waals surface area contributed by atoms with E-state index in [1.165, 1.54) is 18.4 Å². The van der Waals surface area contributed by atoms with E-state index < -0.39 is 0 Å². The van der Waals surface area contributed by atoms with Crippen molar-refractivity contribution in [2.45, 2.75) is 25.7 Å². The Hall–Kier alpha value is -1.48. The van der Waals surface area contributed by atoms with E-state index >= 15 is 0 Å². The molecular formula is C15H18ClNO2. The number of nitrogens with one attached hydrogen (secondary N) is 1. The fraction of sp³-hybridized carbons (Fsp3) is 0.400. The van der Waals surface area contributed by atoms with Gasteiger partial charge in [-0.25, -0.2) is 0 Å². The summed E-state index contributed by atoms with van der Waals surface area (Å²) in [5, 5.41) is 3.38. The maximum atomic E-state index is 12.0. The Bertz CT molecular complexity index is 497. The van der Waals surface area contributed by atoms with Crippen LogP contribution in [-0.4, -0.2) is 19.6 Å². The first-order valence-electron chi connectivity index (χ1n) is 6.50. The predicted octanol–water partition coefficient (Wildman–Crippen LogP) is 3.58. The van der Waals surface area contributed by atoms with Gasteiger partial charge < -0.3 is 10.1 Å². The van der Waals surface area contributed by atoms with Gasteiger partial charge in [0.1, 0.15) is 5.75 Å². The van der Waals surface area contributed by atoms with E-state index in [2.05, 4.69) is 11.4 Å². The molecule has 0 atom stereocenters. The van der Waals surface area contributed by atoms with Crippen LogP contribution in [0.4, 0.5) is 0 Å². The molecule has 2 rings (SSSR count). The van der Waals surface area contributed by atoms with E-state index in [0.29, 0.717) is 22.9 Å². The van der Waals surface area contributed by atoms with E-state index in [1.54, 1.807) is 25.3 Å². The van der Waals surface area contributed by atoms with Crippen LogP contribution in [0.15, 0.2) is 29.8 Å². The highest BCUT2D eigenvalue weighted by Gasteiger charge is 2.10. The molecule has 19 heavy (non-hydrogen) atoms. The lowest BCUT2D eigenvalue weighted by Gasteiger charge is -2.13. The van der Waals surface area contributed by atoms with Crippen molar-refractivity contribution < 1.29 is 9.53 Å². The van der Waals surface area contributed by atoms with Gasteiger partial charge in [0.2, 0.25) is 0 Å². The van der Waals surface area contributed by atoms with Crippen LogP contribution in [-0.2, 0) is 0 Å². The van der Waals surface area contributed by atoms with Gasteiger partial charge in [-0.1, -0.05) is 23.3 Å². The average molecular weight is 280 g/mol. The van der Waals surface area contributed by atoms with E-state index in [0.717, 1.165) is 12.8 Å². The number of hydrogen-bond donors (Lipinski definition) is 1. The molecular weight excluding hydrogens is 262 g/mol. The molecule has 0 aliphatic heterocycles. The summed E-state index contributed by atoms with van der Waals surface area (Å²) in [6, 6.07) is 5.05. The molecule has 0 bridgehead atoms. The minimum Gasteiger partial charge on any atom is -0.495 e. The van der Waals surface area contributed by atoms with Crippen LogP contribution in [0.1, 0.15) is 36.0 Å². The van der Waals surface area contributed by atoms with Gasteiger partial charge in [-0.05, 0) is 43.9 Å². The van der Waals surface area contributed by atoms with Crippen LogP contribution in [0.5, 0.6) is 5.75 Å². The van der Waals surface area contributed by atoms with Crippen LogP contribution in [0.3, 0.4) is 0 Å². The molecule has 0 heterocycles.